The predicted molar refractivity (Wildman–Crippen MR) is 111 cm³/mol. The maximum Gasteiger partial charge on any atom is 0.272 e. The zero-order valence-electron chi connectivity index (χ0n) is 16.3. The second-order valence-corrected chi connectivity index (χ2v) is 6.10. The van der Waals surface area contributed by atoms with Crippen LogP contribution in [0.4, 0.5) is 14.7 Å². The van der Waals surface area contributed by atoms with Gasteiger partial charge in [-0.2, -0.15) is 10.4 Å². The summed E-state index contributed by atoms with van der Waals surface area (Å²) >= 11 is 0. The van der Waals surface area contributed by atoms with Gasteiger partial charge in [0.05, 0.1) is 19.0 Å². The van der Waals surface area contributed by atoms with Crippen LogP contribution in [0.5, 0.6) is 11.5 Å². The Bertz CT molecular complexity index is 1170. The lowest BCUT2D eigenvalue weighted by molar-refractivity contribution is 0.0804. The summed E-state index contributed by atoms with van der Waals surface area (Å²) in [4.78, 5) is 19.0. The largest absolute Gasteiger partial charge is 0.493 e. The fraction of sp³-hybridized carbons (Fsp3) is 0.143. The molecule has 3 aromatic rings. The fourth-order valence-electron chi connectivity index (χ4n) is 2.64. The highest BCUT2D eigenvalue weighted by atomic mass is 19.3. The normalized spacial score (nSPS) is 10.8. The van der Waals surface area contributed by atoms with E-state index >= 15 is 0 Å². The summed E-state index contributed by atoms with van der Waals surface area (Å²) in [6, 6.07) is 15.3. The maximum absolute atomic E-state index is 12.3. The van der Waals surface area contributed by atoms with Crippen molar-refractivity contribution in [1.29, 1.82) is 5.26 Å². The second-order valence-electron chi connectivity index (χ2n) is 6.10. The van der Waals surface area contributed by atoms with E-state index in [9.17, 15) is 18.8 Å². The third-order valence-corrected chi connectivity index (χ3v) is 4.02. The quantitative estimate of drug-likeness (QED) is 0.423. The predicted octanol–water partition coefficient (Wildman–Crippen LogP) is 3.41. The smallest absolute Gasteiger partial charge is 0.272 e. The van der Waals surface area contributed by atoms with E-state index in [2.05, 4.69) is 20.5 Å². The van der Waals surface area contributed by atoms with Gasteiger partial charge >= 0.3 is 0 Å². The number of H-pyrrole nitrogens is 1. The van der Waals surface area contributed by atoms with E-state index in [-0.39, 0.29) is 28.7 Å². The highest BCUT2D eigenvalue weighted by Gasteiger charge is 2.13. The number of nitrogens with zero attached hydrogens (tertiary/aromatic N) is 3. The van der Waals surface area contributed by atoms with Gasteiger partial charge in [-0.15, -0.1) is 0 Å². The molecule has 0 bridgehead atoms. The summed E-state index contributed by atoms with van der Waals surface area (Å²) in [7, 11) is 1.39. The molecule has 0 saturated carbocycles. The molecule has 0 unspecified atom stereocenters. The minimum atomic E-state index is -2.60. The molecule has 31 heavy (non-hydrogen) atoms. The van der Waals surface area contributed by atoms with Crippen molar-refractivity contribution in [2.75, 3.05) is 19.1 Å². The van der Waals surface area contributed by atoms with E-state index in [1.165, 1.54) is 19.4 Å². The van der Waals surface area contributed by atoms with Crippen LogP contribution in [0, 0.1) is 11.3 Å². The Kier molecular flexibility index (Phi) is 6.90. The molecule has 3 rings (SSSR count). The zero-order chi connectivity index (χ0) is 22.2. The average molecular weight is 425 g/mol. The Labute approximate surface area is 175 Å². The molecule has 1 heterocycles. The standard InChI is InChI=1S/C21H17F2N5O3/c1-30-17-9-13(7-8-16(17)31-12-18(22)23)11-25-28-21-26-19(14-5-3-2-4-6-14)15(10-24)20(29)27-21/h2-9,11,18H,12H2,1H3,(H2,26,27,28,29). The van der Waals surface area contributed by atoms with E-state index in [0.717, 1.165) is 0 Å². The van der Waals surface area contributed by atoms with Gasteiger partial charge in [-0.3, -0.25) is 9.78 Å². The number of nitriles is 1. The van der Waals surface area contributed by atoms with Crippen LogP contribution in [0.1, 0.15) is 11.1 Å². The van der Waals surface area contributed by atoms with Gasteiger partial charge in [0, 0.05) is 5.56 Å². The molecule has 1 aromatic heterocycles. The molecule has 2 N–H and O–H groups in total. The molecule has 10 heteroatoms. The number of halogens is 2. The number of hydrogen-bond acceptors (Lipinski definition) is 7. The van der Waals surface area contributed by atoms with Crippen LogP contribution in [0.3, 0.4) is 0 Å². The molecule has 0 atom stereocenters. The molecular formula is C21H17F2N5O3. The fourth-order valence-corrected chi connectivity index (χ4v) is 2.64. The molecule has 0 aliphatic rings. The van der Waals surface area contributed by atoms with E-state index in [4.69, 9.17) is 9.47 Å². The van der Waals surface area contributed by atoms with Crippen molar-refractivity contribution in [2.24, 2.45) is 5.10 Å². The topological polar surface area (TPSA) is 112 Å². The van der Waals surface area contributed by atoms with Crippen LogP contribution in [0.25, 0.3) is 11.3 Å². The molecule has 0 saturated heterocycles. The number of hydrogen-bond donors (Lipinski definition) is 2. The summed E-state index contributed by atoms with van der Waals surface area (Å²) in [5.74, 6) is 0.488. The Morgan fingerprint density at radius 1 is 1.26 bits per heavy atom. The minimum absolute atomic E-state index is 0.0444. The lowest BCUT2D eigenvalue weighted by Gasteiger charge is -2.10. The molecular weight excluding hydrogens is 408 g/mol. The number of nitrogens with one attached hydrogen (secondary N) is 2. The Morgan fingerprint density at radius 2 is 2.03 bits per heavy atom. The average Bonchev–Trinajstić information content (AvgIpc) is 2.78. The Balaban J connectivity index is 1.80. The Morgan fingerprint density at radius 3 is 2.71 bits per heavy atom. The third kappa shape index (κ3) is 5.42. The molecule has 0 fully saturated rings. The zero-order valence-corrected chi connectivity index (χ0v) is 16.3. The number of alkyl halides is 2. The summed E-state index contributed by atoms with van der Waals surface area (Å²) in [5, 5.41) is 13.3. The number of benzene rings is 2. The van der Waals surface area contributed by atoms with Gasteiger partial charge < -0.3 is 9.47 Å². The first-order valence-electron chi connectivity index (χ1n) is 8.99. The molecule has 158 valence electrons. The monoisotopic (exact) mass is 425 g/mol. The lowest BCUT2D eigenvalue weighted by Crippen LogP contribution is -2.16. The van der Waals surface area contributed by atoms with Crippen molar-refractivity contribution >= 4 is 12.2 Å². The van der Waals surface area contributed by atoms with Crippen molar-refractivity contribution in [3.63, 3.8) is 0 Å². The van der Waals surface area contributed by atoms with E-state index in [0.29, 0.717) is 11.1 Å². The van der Waals surface area contributed by atoms with E-state index < -0.39 is 18.6 Å². The lowest BCUT2D eigenvalue weighted by atomic mass is 10.1. The molecule has 0 amide bonds. The summed E-state index contributed by atoms with van der Waals surface area (Å²) in [6.45, 7) is -0.743. The van der Waals surface area contributed by atoms with Crippen LogP contribution < -0.4 is 20.5 Å². The molecule has 8 nitrogen and oxygen atoms in total. The molecule has 0 aliphatic carbocycles. The third-order valence-electron chi connectivity index (χ3n) is 4.02. The first-order chi connectivity index (χ1) is 15.0. The highest BCUT2D eigenvalue weighted by Crippen LogP contribution is 2.28. The van der Waals surface area contributed by atoms with Crippen molar-refractivity contribution < 1.29 is 18.3 Å². The van der Waals surface area contributed by atoms with E-state index in [1.807, 2.05) is 12.1 Å². The van der Waals surface area contributed by atoms with Crippen molar-refractivity contribution in [2.45, 2.75) is 6.43 Å². The number of aromatic nitrogens is 2. The molecule has 0 radical (unpaired) electrons. The van der Waals surface area contributed by atoms with Crippen LogP contribution in [-0.4, -0.2) is 36.3 Å². The number of hydrazone groups is 1. The van der Waals surface area contributed by atoms with E-state index in [1.54, 1.807) is 36.4 Å². The van der Waals surface area contributed by atoms with Gasteiger partial charge in [0.2, 0.25) is 5.95 Å². The molecule has 0 spiro atoms. The van der Waals surface area contributed by atoms with Crippen molar-refractivity contribution in [3.05, 3.63) is 70.0 Å². The number of rotatable bonds is 8. The van der Waals surface area contributed by atoms with Gasteiger partial charge in [0.25, 0.3) is 12.0 Å². The number of aromatic amines is 1. The number of methoxy groups -OCH3 is 1. The van der Waals surface area contributed by atoms with Crippen LogP contribution in [-0.2, 0) is 0 Å². The van der Waals surface area contributed by atoms with Crippen LogP contribution in [0.2, 0.25) is 0 Å². The minimum Gasteiger partial charge on any atom is -0.493 e. The SMILES string of the molecule is COc1cc(C=NNc2nc(-c3ccccc3)c(C#N)c(=O)[nH]2)ccc1OCC(F)F. The Hall–Kier alpha value is -4.26. The maximum atomic E-state index is 12.3. The molecule has 2 aromatic carbocycles. The second kappa shape index (κ2) is 9.98. The summed E-state index contributed by atoms with van der Waals surface area (Å²) in [6.07, 6.45) is -1.18. The van der Waals surface area contributed by atoms with Gasteiger partial charge in [0.1, 0.15) is 18.2 Å². The van der Waals surface area contributed by atoms with Crippen molar-refractivity contribution in [3.8, 4) is 28.8 Å². The van der Waals surface area contributed by atoms with Crippen molar-refractivity contribution in [1.82, 2.24) is 9.97 Å². The van der Waals surface area contributed by atoms with Gasteiger partial charge in [-0.05, 0) is 23.8 Å². The number of ether oxygens (including phenoxy) is 2. The summed E-state index contributed by atoms with van der Waals surface area (Å²) < 4.78 is 34.8. The first-order valence-corrected chi connectivity index (χ1v) is 8.99. The molecule has 0 aliphatic heterocycles. The van der Waals surface area contributed by atoms with Gasteiger partial charge in [0.15, 0.2) is 11.5 Å². The summed E-state index contributed by atoms with van der Waals surface area (Å²) in [5.41, 5.74) is 3.32. The van der Waals surface area contributed by atoms with Crippen LogP contribution >= 0.6 is 0 Å². The van der Waals surface area contributed by atoms with Crippen LogP contribution in [0.15, 0.2) is 58.4 Å². The number of anilines is 1. The first kappa shape index (κ1) is 21.4. The van der Waals surface area contributed by atoms with Gasteiger partial charge in [-0.25, -0.2) is 19.2 Å². The highest BCUT2D eigenvalue weighted by molar-refractivity contribution is 5.81. The van der Waals surface area contributed by atoms with Gasteiger partial charge in [-0.1, -0.05) is 30.3 Å².